The van der Waals surface area contributed by atoms with Crippen LogP contribution in [0.15, 0.2) is 48.5 Å². The fourth-order valence-electron chi connectivity index (χ4n) is 2.35. The van der Waals surface area contributed by atoms with Crippen LogP contribution in [0.1, 0.15) is 26.3 Å². The summed E-state index contributed by atoms with van der Waals surface area (Å²) in [6.45, 7) is 5.16. The third-order valence-electron chi connectivity index (χ3n) is 3.83. The molecule has 0 spiro atoms. The second-order valence-corrected chi connectivity index (χ2v) is 6.04. The highest BCUT2D eigenvalue weighted by Gasteiger charge is 2.29. The maximum atomic E-state index is 12.7. The first-order valence-electron chi connectivity index (χ1n) is 7.67. The molecule has 2 amide bonds. The van der Waals surface area contributed by atoms with Crippen molar-refractivity contribution >= 4 is 23.2 Å². The molecule has 24 heavy (non-hydrogen) atoms. The van der Waals surface area contributed by atoms with Crippen LogP contribution < -0.4 is 15.4 Å². The van der Waals surface area contributed by atoms with Crippen molar-refractivity contribution in [2.24, 2.45) is 0 Å². The molecule has 0 heterocycles. The van der Waals surface area contributed by atoms with E-state index >= 15 is 0 Å². The molecule has 0 saturated heterocycles. The highest BCUT2D eigenvalue weighted by Crippen LogP contribution is 2.30. The minimum absolute atomic E-state index is 0.132. The SMILES string of the molecule is COc1ccc(NC(=O)C(C)(C)c2ccccc2)cc1NC(C)=O. The minimum atomic E-state index is -0.685. The Balaban J connectivity index is 2.24. The summed E-state index contributed by atoms with van der Waals surface area (Å²) >= 11 is 0. The van der Waals surface area contributed by atoms with E-state index < -0.39 is 5.41 Å². The van der Waals surface area contributed by atoms with Crippen LogP contribution >= 0.6 is 0 Å². The number of methoxy groups -OCH3 is 1. The van der Waals surface area contributed by atoms with Crippen molar-refractivity contribution in [1.82, 2.24) is 0 Å². The molecule has 5 heteroatoms. The van der Waals surface area contributed by atoms with E-state index in [1.165, 1.54) is 14.0 Å². The number of carbonyl (C=O) groups is 2. The molecular formula is C19H22N2O3. The molecule has 0 aliphatic rings. The molecule has 2 aromatic carbocycles. The Kier molecular flexibility index (Phi) is 5.24. The lowest BCUT2D eigenvalue weighted by Crippen LogP contribution is -2.34. The standard InChI is InChI=1S/C19H22N2O3/c1-13(22)20-16-12-15(10-11-17(16)24-4)21-18(23)19(2,3)14-8-6-5-7-9-14/h5-12H,1-4H3,(H,20,22)(H,21,23). The quantitative estimate of drug-likeness (QED) is 0.882. The van der Waals surface area contributed by atoms with Crippen LogP contribution in [0.5, 0.6) is 5.75 Å². The van der Waals surface area contributed by atoms with Gasteiger partial charge in [-0.3, -0.25) is 9.59 Å². The Bertz CT molecular complexity index is 740. The van der Waals surface area contributed by atoms with Gasteiger partial charge in [0, 0.05) is 12.6 Å². The van der Waals surface area contributed by atoms with Gasteiger partial charge >= 0.3 is 0 Å². The molecule has 0 saturated carbocycles. The summed E-state index contributed by atoms with van der Waals surface area (Å²) in [5, 5.41) is 5.59. The molecule has 0 aliphatic carbocycles. The highest BCUT2D eigenvalue weighted by atomic mass is 16.5. The van der Waals surface area contributed by atoms with Crippen LogP contribution in [0.3, 0.4) is 0 Å². The Morgan fingerprint density at radius 1 is 1.00 bits per heavy atom. The first-order chi connectivity index (χ1) is 11.3. The normalized spacial score (nSPS) is 10.8. The molecule has 0 atom stereocenters. The van der Waals surface area contributed by atoms with Gasteiger partial charge in [-0.2, -0.15) is 0 Å². The topological polar surface area (TPSA) is 67.4 Å². The lowest BCUT2D eigenvalue weighted by molar-refractivity contribution is -0.120. The Hall–Kier alpha value is -2.82. The van der Waals surface area contributed by atoms with Crippen LogP contribution in [0.25, 0.3) is 0 Å². The van der Waals surface area contributed by atoms with Gasteiger partial charge in [-0.1, -0.05) is 30.3 Å². The fourth-order valence-corrected chi connectivity index (χ4v) is 2.35. The third kappa shape index (κ3) is 3.93. The average Bonchev–Trinajstić information content (AvgIpc) is 2.55. The van der Waals surface area contributed by atoms with Crippen molar-refractivity contribution in [3.63, 3.8) is 0 Å². The van der Waals surface area contributed by atoms with E-state index in [-0.39, 0.29) is 11.8 Å². The summed E-state index contributed by atoms with van der Waals surface area (Å²) in [6.07, 6.45) is 0. The number of nitrogens with one attached hydrogen (secondary N) is 2. The number of anilines is 2. The number of hydrogen-bond acceptors (Lipinski definition) is 3. The molecule has 0 radical (unpaired) electrons. The summed E-state index contributed by atoms with van der Waals surface area (Å²) in [4.78, 5) is 24.0. The average molecular weight is 326 g/mol. The van der Waals surface area contributed by atoms with Gasteiger partial charge in [0.25, 0.3) is 0 Å². The summed E-state index contributed by atoms with van der Waals surface area (Å²) in [5.41, 5.74) is 1.35. The first-order valence-corrected chi connectivity index (χ1v) is 7.67. The van der Waals surface area contributed by atoms with Crippen LogP contribution in [-0.4, -0.2) is 18.9 Å². The monoisotopic (exact) mass is 326 g/mol. The Morgan fingerprint density at radius 2 is 1.67 bits per heavy atom. The first kappa shape index (κ1) is 17.5. The van der Waals surface area contributed by atoms with Crippen molar-refractivity contribution in [2.75, 3.05) is 17.7 Å². The molecule has 0 bridgehead atoms. The minimum Gasteiger partial charge on any atom is -0.495 e. The predicted octanol–water partition coefficient (Wildman–Crippen LogP) is 3.57. The second-order valence-electron chi connectivity index (χ2n) is 6.04. The van der Waals surface area contributed by atoms with Gasteiger partial charge < -0.3 is 15.4 Å². The van der Waals surface area contributed by atoms with E-state index in [1.54, 1.807) is 18.2 Å². The van der Waals surface area contributed by atoms with Crippen LogP contribution in [0.2, 0.25) is 0 Å². The van der Waals surface area contributed by atoms with Gasteiger partial charge in [0.2, 0.25) is 11.8 Å². The molecule has 2 N–H and O–H groups in total. The molecule has 0 aliphatic heterocycles. The number of benzene rings is 2. The smallest absolute Gasteiger partial charge is 0.234 e. The van der Waals surface area contributed by atoms with Gasteiger partial charge in [0.1, 0.15) is 5.75 Å². The number of carbonyl (C=O) groups excluding carboxylic acids is 2. The molecule has 2 rings (SSSR count). The van der Waals surface area contributed by atoms with E-state index in [0.717, 1.165) is 5.56 Å². The molecule has 0 fully saturated rings. The van der Waals surface area contributed by atoms with E-state index in [0.29, 0.717) is 17.1 Å². The molecule has 5 nitrogen and oxygen atoms in total. The van der Waals surface area contributed by atoms with Crippen molar-refractivity contribution in [1.29, 1.82) is 0 Å². The number of ether oxygens (including phenoxy) is 1. The molecule has 0 aromatic heterocycles. The lowest BCUT2D eigenvalue weighted by atomic mass is 9.83. The van der Waals surface area contributed by atoms with Gasteiger partial charge in [0.15, 0.2) is 0 Å². The summed E-state index contributed by atoms with van der Waals surface area (Å²) < 4.78 is 5.22. The maximum Gasteiger partial charge on any atom is 0.234 e. The van der Waals surface area contributed by atoms with Crippen LogP contribution in [-0.2, 0) is 15.0 Å². The van der Waals surface area contributed by atoms with Crippen molar-refractivity contribution < 1.29 is 14.3 Å². The molecular weight excluding hydrogens is 304 g/mol. The zero-order chi connectivity index (χ0) is 17.7. The summed E-state index contributed by atoms with van der Waals surface area (Å²) in [5.74, 6) is 0.194. The van der Waals surface area contributed by atoms with Crippen LogP contribution in [0.4, 0.5) is 11.4 Å². The van der Waals surface area contributed by atoms with Crippen LogP contribution in [0, 0.1) is 0 Å². The number of rotatable bonds is 5. The molecule has 0 unspecified atom stereocenters. The predicted molar refractivity (Wildman–Crippen MR) is 95.4 cm³/mol. The summed E-state index contributed by atoms with van der Waals surface area (Å²) in [6, 6.07) is 14.7. The van der Waals surface area contributed by atoms with Gasteiger partial charge in [-0.15, -0.1) is 0 Å². The molecule has 126 valence electrons. The zero-order valence-electron chi connectivity index (χ0n) is 14.3. The largest absolute Gasteiger partial charge is 0.495 e. The van der Waals surface area contributed by atoms with Gasteiger partial charge in [-0.05, 0) is 37.6 Å². The van der Waals surface area contributed by atoms with E-state index in [2.05, 4.69) is 10.6 Å². The maximum absolute atomic E-state index is 12.7. The zero-order valence-corrected chi connectivity index (χ0v) is 14.3. The van der Waals surface area contributed by atoms with E-state index in [1.807, 2.05) is 44.2 Å². The van der Waals surface area contributed by atoms with Crippen molar-refractivity contribution in [3.8, 4) is 5.75 Å². The fraction of sp³-hybridized carbons (Fsp3) is 0.263. The number of hydrogen-bond donors (Lipinski definition) is 2. The van der Waals surface area contributed by atoms with E-state index in [4.69, 9.17) is 4.74 Å². The van der Waals surface area contributed by atoms with Gasteiger partial charge in [0.05, 0.1) is 18.2 Å². The third-order valence-corrected chi connectivity index (χ3v) is 3.83. The van der Waals surface area contributed by atoms with Crippen molar-refractivity contribution in [2.45, 2.75) is 26.2 Å². The second kappa shape index (κ2) is 7.17. The number of amides is 2. The Morgan fingerprint density at radius 3 is 2.25 bits per heavy atom. The van der Waals surface area contributed by atoms with Gasteiger partial charge in [-0.25, -0.2) is 0 Å². The van der Waals surface area contributed by atoms with E-state index in [9.17, 15) is 9.59 Å². The lowest BCUT2D eigenvalue weighted by Gasteiger charge is -2.24. The summed E-state index contributed by atoms with van der Waals surface area (Å²) in [7, 11) is 1.53. The molecule has 2 aromatic rings. The Labute approximate surface area is 142 Å². The highest BCUT2D eigenvalue weighted by molar-refractivity contribution is 5.99. The van der Waals surface area contributed by atoms with Crippen molar-refractivity contribution in [3.05, 3.63) is 54.1 Å².